The number of piperazine rings is 1. The molecule has 4 rings (SSSR count). The number of aryl methyl sites for hydroxylation is 2. The lowest BCUT2D eigenvalue weighted by Gasteiger charge is -2.39. The van der Waals surface area contributed by atoms with Crippen LogP contribution >= 0.6 is 0 Å². The number of aromatic nitrogens is 3. The molecule has 2 aliphatic heterocycles. The van der Waals surface area contributed by atoms with Gasteiger partial charge in [-0.05, 0) is 37.3 Å². The van der Waals surface area contributed by atoms with Gasteiger partial charge in [0.05, 0.1) is 0 Å². The lowest BCUT2D eigenvalue weighted by Crippen LogP contribution is -2.50. The zero-order chi connectivity index (χ0) is 21.5. The number of hydrogen-bond acceptors (Lipinski definition) is 7. The SMILES string of the molecule is CCc1noc(CCCC(=O)N2CCCC(CN3CCN(c4ccccn4)CC3)C2)n1. The van der Waals surface area contributed by atoms with Gasteiger partial charge in [-0.25, -0.2) is 4.98 Å². The molecule has 2 aliphatic rings. The van der Waals surface area contributed by atoms with Crippen LogP contribution < -0.4 is 4.90 Å². The number of carbonyl (C=O) groups excluding carboxylic acids is 1. The first kappa shape index (κ1) is 21.7. The third-order valence-corrected chi connectivity index (χ3v) is 6.34. The summed E-state index contributed by atoms with van der Waals surface area (Å²) < 4.78 is 5.22. The molecule has 8 heteroatoms. The number of piperidine rings is 1. The Kier molecular flexibility index (Phi) is 7.51. The summed E-state index contributed by atoms with van der Waals surface area (Å²) >= 11 is 0. The van der Waals surface area contributed by atoms with Gasteiger partial charge >= 0.3 is 0 Å². The second kappa shape index (κ2) is 10.7. The van der Waals surface area contributed by atoms with Crippen LogP contribution in [0.5, 0.6) is 0 Å². The molecule has 168 valence electrons. The maximum atomic E-state index is 12.7. The third kappa shape index (κ3) is 6.03. The standard InChI is InChI=1S/C23H34N6O2/c1-2-20-25-22(31-26-20)9-5-10-23(30)29-12-6-7-19(18-29)17-27-13-15-28(16-14-27)21-8-3-4-11-24-21/h3-4,8,11,19H,2,5-7,9-10,12-18H2,1H3. The summed E-state index contributed by atoms with van der Waals surface area (Å²) in [5.74, 6) is 3.29. The van der Waals surface area contributed by atoms with E-state index >= 15 is 0 Å². The Morgan fingerprint density at radius 3 is 2.81 bits per heavy atom. The van der Waals surface area contributed by atoms with Crippen LogP contribution in [0.25, 0.3) is 0 Å². The minimum atomic E-state index is 0.264. The molecule has 4 heterocycles. The van der Waals surface area contributed by atoms with Crippen molar-refractivity contribution in [1.29, 1.82) is 0 Å². The second-order valence-electron chi connectivity index (χ2n) is 8.64. The molecule has 2 aromatic rings. The largest absolute Gasteiger partial charge is 0.354 e. The highest BCUT2D eigenvalue weighted by Gasteiger charge is 2.26. The molecule has 0 saturated carbocycles. The Balaban J connectivity index is 1.17. The zero-order valence-corrected chi connectivity index (χ0v) is 18.6. The van der Waals surface area contributed by atoms with Gasteiger partial charge in [-0.2, -0.15) is 4.98 Å². The average Bonchev–Trinajstić information content (AvgIpc) is 3.28. The Morgan fingerprint density at radius 2 is 2.06 bits per heavy atom. The van der Waals surface area contributed by atoms with Crippen molar-refractivity contribution >= 4 is 11.7 Å². The quantitative estimate of drug-likeness (QED) is 0.641. The molecule has 0 radical (unpaired) electrons. The molecule has 0 N–H and O–H groups in total. The van der Waals surface area contributed by atoms with Crippen LogP contribution in [0.1, 0.15) is 44.3 Å². The summed E-state index contributed by atoms with van der Waals surface area (Å²) in [7, 11) is 0. The monoisotopic (exact) mass is 426 g/mol. The van der Waals surface area contributed by atoms with E-state index in [0.717, 1.165) is 76.7 Å². The van der Waals surface area contributed by atoms with Crippen molar-refractivity contribution in [2.45, 2.75) is 45.4 Å². The van der Waals surface area contributed by atoms with E-state index in [1.54, 1.807) is 0 Å². The summed E-state index contributed by atoms with van der Waals surface area (Å²) in [4.78, 5) is 28.5. The Bertz CT molecular complexity index is 818. The molecule has 2 fully saturated rings. The van der Waals surface area contributed by atoms with Gasteiger partial charge in [-0.1, -0.05) is 18.1 Å². The summed E-state index contributed by atoms with van der Waals surface area (Å²) in [6.45, 7) is 9.02. The van der Waals surface area contributed by atoms with Crippen LogP contribution in [0.15, 0.2) is 28.9 Å². The number of hydrogen-bond donors (Lipinski definition) is 0. The molecule has 31 heavy (non-hydrogen) atoms. The van der Waals surface area contributed by atoms with E-state index in [0.29, 0.717) is 24.7 Å². The number of anilines is 1. The highest BCUT2D eigenvalue weighted by Crippen LogP contribution is 2.21. The van der Waals surface area contributed by atoms with E-state index in [-0.39, 0.29) is 5.91 Å². The van der Waals surface area contributed by atoms with Gasteiger partial charge in [0.1, 0.15) is 5.82 Å². The van der Waals surface area contributed by atoms with Gasteiger partial charge in [-0.15, -0.1) is 0 Å². The fourth-order valence-corrected chi connectivity index (χ4v) is 4.59. The van der Waals surface area contributed by atoms with Gasteiger partial charge in [0.25, 0.3) is 0 Å². The molecule has 1 unspecified atom stereocenters. The molecule has 8 nitrogen and oxygen atoms in total. The summed E-state index contributed by atoms with van der Waals surface area (Å²) in [6, 6.07) is 6.09. The van der Waals surface area contributed by atoms with Crippen LogP contribution in [0, 0.1) is 5.92 Å². The van der Waals surface area contributed by atoms with Gasteiger partial charge < -0.3 is 14.3 Å². The molecule has 1 amide bonds. The fraction of sp³-hybridized carbons (Fsp3) is 0.652. The average molecular weight is 427 g/mol. The Morgan fingerprint density at radius 1 is 1.19 bits per heavy atom. The highest BCUT2D eigenvalue weighted by atomic mass is 16.5. The summed E-state index contributed by atoms with van der Waals surface area (Å²) in [6.07, 6.45) is 6.95. The smallest absolute Gasteiger partial charge is 0.226 e. The third-order valence-electron chi connectivity index (χ3n) is 6.34. The molecule has 1 atom stereocenters. The maximum absolute atomic E-state index is 12.7. The minimum absolute atomic E-state index is 0.264. The van der Waals surface area contributed by atoms with Crippen molar-refractivity contribution in [3.63, 3.8) is 0 Å². The lowest BCUT2D eigenvalue weighted by atomic mass is 9.96. The summed E-state index contributed by atoms with van der Waals surface area (Å²) in [5, 5.41) is 3.92. The predicted molar refractivity (Wildman–Crippen MR) is 119 cm³/mol. The minimum Gasteiger partial charge on any atom is -0.354 e. The number of rotatable bonds is 8. The zero-order valence-electron chi connectivity index (χ0n) is 18.6. The maximum Gasteiger partial charge on any atom is 0.226 e. The predicted octanol–water partition coefficient (Wildman–Crippen LogP) is 2.41. The molecule has 0 aromatic carbocycles. The molecule has 0 aliphatic carbocycles. The number of likely N-dealkylation sites (tertiary alicyclic amines) is 1. The topological polar surface area (TPSA) is 78.6 Å². The van der Waals surface area contributed by atoms with E-state index < -0.39 is 0 Å². The van der Waals surface area contributed by atoms with Crippen molar-refractivity contribution < 1.29 is 9.32 Å². The number of amides is 1. The molecular formula is C23H34N6O2. The fourth-order valence-electron chi connectivity index (χ4n) is 4.59. The van der Waals surface area contributed by atoms with Crippen molar-refractivity contribution in [2.75, 3.05) is 50.7 Å². The van der Waals surface area contributed by atoms with Crippen LogP contribution in [-0.2, 0) is 17.6 Å². The summed E-state index contributed by atoms with van der Waals surface area (Å²) in [5.41, 5.74) is 0. The van der Waals surface area contributed by atoms with Crippen LogP contribution in [0.3, 0.4) is 0 Å². The van der Waals surface area contributed by atoms with E-state index in [4.69, 9.17) is 4.52 Å². The van der Waals surface area contributed by atoms with Crippen molar-refractivity contribution in [1.82, 2.24) is 24.9 Å². The Hall–Kier alpha value is -2.48. The first-order chi connectivity index (χ1) is 15.2. The van der Waals surface area contributed by atoms with Crippen molar-refractivity contribution in [3.05, 3.63) is 36.1 Å². The molecule has 0 spiro atoms. The number of nitrogens with zero attached hydrogens (tertiary/aromatic N) is 6. The first-order valence-electron chi connectivity index (χ1n) is 11.7. The van der Waals surface area contributed by atoms with Gasteiger partial charge in [0.15, 0.2) is 5.82 Å². The first-order valence-corrected chi connectivity index (χ1v) is 11.7. The molecule has 2 aromatic heterocycles. The van der Waals surface area contributed by atoms with Crippen molar-refractivity contribution in [3.8, 4) is 0 Å². The van der Waals surface area contributed by atoms with Crippen LogP contribution in [-0.4, -0.2) is 76.6 Å². The van der Waals surface area contributed by atoms with Gasteiger partial charge in [0, 0.05) is 71.3 Å². The van der Waals surface area contributed by atoms with Crippen LogP contribution in [0.4, 0.5) is 5.82 Å². The molecule has 0 bridgehead atoms. The van der Waals surface area contributed by atoms with E-state index in [9.17, 15) is 4.79 Å². The second-order valence-corrected chi connectivity index (χ2v) is 8.64. The van der Waals surface area contributed by atoms with Gasteiger partial charge in [-0.3, -0.25) is 9.69 Å². The van der Waals surface area contributed by atoms with Crippen molar-refractivity contribution in [2.24, 2.45) is 5.92 Å². The van der Waals surface area contributed by atoms with Gasteiger partial charge in [0.2, 0.25) is 11.8 Å². The molecule has 2 saturated heterocycles. The van der Waals surface area contributed by atoms with E-state index in [1.165, 1.54) is 6.42 Å². The highest BCUT2D eigenvalue weighted by molar-refractivity contribution is 5.76. The number of carbonyl (C=O) groups is 1. The Labute approximate surface area is 184 Å². The van der Waals surface area contributed by atoms with E-state index in [2.05, 4.69) is 35.9 Å². The van der Waals surface area contributed by atoms with E-state index in [1.807, 2.05) is 25.3 Å². The normalized spacial score (nSPS) is 20.2. The van der Waals surface area contributed by atoms with Crippen LogP contribution in [0.2, 0.25) is 0 Å². The number of pyridine rings is 1. The lowest BCUT2D eigenvalue weighted by molar-refractivity contribution is -0.133. The molecular weight excluding hydrogens is 392 g/mol.